The Hall–Kier alpha value is -3.41. The van der Waals surface area contributed by atoms with Crippen LogP contribution in [0.1, 0.15) is 361 Å². The van der Waals surface area contributed by atoms with Gasteiger partial charge < -0.3 is 14.2 Å². The van der Waals surface area contributed by atoms with Crippen molar-refractivity contribution in [2.45, 2.75) is 367 Å². The number of carbonyl (C=O) groups is 3. The van der Waals surface area contributed by atoms with Crippen molar-refractivity contribution in [3.05, 3.63) is 85.1 Å². The Morgan fingerprint density at radius 3 is 0.805 bits per heavy atom. The molecule has 0 fully saturated rings. The van der Waals surface area contributed by atoms with E-state index in [0.717, 1.165) is 116 Å². The molecule has 1 atom stereocenters. The lowest BCUT2D eigenvalue weighted by molar-refractivity contribution is -0.167. The lowest BCUT2D eigenvalue weighted by Crippen LogP contribution is -2.30. The van der Waals surface area contributed by atoms with Crippen LogP contribution >= 0.6 is 0 Å². The van der Waals surface area contributed by atoms with Gasteiger partial charge in [0, 0.05) is 19.3 Å². The van der Waals surface area contributed by atoms with Crippen molar-refractivity contribution in [2.75, 3.05) is 13.2 Å². The molecule has 0 bridgehead atoms. The number of carbonyl (C=O) groups excluding carboxylic acids is 3. The van der Waals surface area contributed by atoms with Crippen LogP contribution in [0.3, 0.4) is 0 Å². The molecule has 82 heavy (non-hydrogen) atoms. The highest BCUT2D eigenvalue weighted by Crippen LogP contribution is 2.18. The van der Waals surface area contributed by atoms with E-state index in [1.807, 2.05) is 0 Å². The molecule has 6 nitrogen and oxygen atoms in total. The minimum atomic E-state index is -0.783. The molecule has 0 aliphatic rings. The minimum Gasteiger partial charge on any atom is -0.462 e. The summed E-state index contributed by atoms with van der Waals surface area (Å²) in [5.41, 5.74) is 0. The van der Waals surface area contributed by atoms with Crippen LogP contribution in [0.15, 0.2) is 85.1 Å². The van der Waals surface area contributed by atoms with Gasteiger partial charge in [-0.15, -0.1) is 0 Å². The fourth-order valence-corrected chi connectivity index (χ4v) is 10.3. The van der Waals surface area contributed by atoms with Crippen molar-refractivity contribution >= 4 is 17.9 Å². The van der Waals surface area contributed by atoms with Crippen molar-refractivity contribution in [2.24, 2.45) is 0 Å². The lowest BCUT2D eigenvalue weighted by atomic mass is 10.0. The molecule has 1 unspecified atom stereocenters. The molecule has 474 valence electrons. The zero-order valence-corrected chi connectivity index (χ0v) is 54.5. The zero-order chi connectivity index (χ0) is 59.2. The average molecular weight is 1140 g/mol. The molecule has 0 aromatic rings. The molecule has 0 heterocycles. The number of hydrogen-bond donors (Lipinski definition) is 0. The first-order valence-corrected chi connectivity index (χ1v) is 35.6. The maximum absolute atomic E-state index is 12.9. The molecule has 0 amide bonds. The van der Waals surface area contributed by atoms with Crippen LogP contribution in [0.4, 0.5) is 0 Å². The second-order valence-corrected chi connectivity index (χ2v) is 23.8. The van der Waals surface area contributed by atoms with Crippen LogP contribution in [0.25, 0.3) is 0 Å². The van der Waals surface area contributed by atoms with Gasteiger partial charge in [-0.2, -0.15) is 0 Å². The van der Waals surface area contributed by atoms with E-state index in [0.29, 0.717) is 19.3 Å². The van der Waals surface area contributed by atoms with E-state index in [2.05, 4.69) is 106 Å². The van der Waals surface area contributed by atoms with Crippen molar-refractivity contribution < 1.29 is 28.6 Å². The maximum atomic E-state index is 12.9. The summed E-state index contributed by atoms with van der Waals surface area (Å²) in [4.78, 5) is 38.3. The first-order chi connectivity index (χ1) is 40.5. The SMILES string of the molecule is CC/C=C\C/C=C\C/C=C\C/C=C\C/C=C\C/C=C\CCCCCCCCCCC(=O)OCC(COC(=O)CCCCCCC/C=C\CCC)OC(=O)CCCCCCCCCCCCCCCCCCCCCCCCCCCCC. The molecule has 0 radical (unpaired) electrons. The van der Waals surface area contributed by atoms with Gasteiger partial charge in [-0.25, -0.2) is 0 Å². The third-order valence-corrected chi connectivity index (χ3v) is 15.6. The van der Waals surface area contributed by atoms with E-state index >= 15 is 0 Å². The largest absolute Gasteiger partial charge is 0.462 e. The van der Waals surface area contributed by atoms with Gasteiger partial charge in [-0.1, -0.05) is 337 Å². The number of esters is 3. The number of hydrogen-bond acceptors (Lipinski definition) is 6. The second kappa shape index (κ2) is 70.1. The Balaban J connectivity index is 4.19. The highest BCUT2D eigenvalue weighted by Gasteiger charge is 2.19. The van der Waals surface area contributed by atoms with E-state index < -0.39 is 6.10 Å². The third-order valence-electron chi connectivity index (χ3n) is 15.6. The second-order valence-electron chi connectivity index (χ2n) is 23.8. The molecular formula is C76H134O6. The quantitative estimate of drug-likeness (QED) is 0.0261. The number of rotatable bonds is 65. The minimum absolute atomic E-state index is 0.0805. The first-order valence-electron chi connectivity index (χ1n) is 35.6. The van der Waals surface area contributed by atoms with Crippen LogP contribution in [0.2, 0.25) is 0 Å². The van der Waals surface area contributed by atoms with Gasteiger partial charge in [0.05, 0.1) is 0 Å². The third kappa shape index (κ3) is 67.4. The number of allylic oxidation sites excluding steroid dienone is 14. The van der Waals surface area contributed by atoms with E-state index in [-0.39, 0.29) is 31.1 Å². The summed E-state index contributed by atoms with van der Waals surface area (Å²) in [5.74, 6) is -0.881. The van der Waals surface area contributed by atoms with Crippen molar-refractivity contribution in [3.8, 4) is 0 Å². The molecule has 0 N–H and O–H groups in total. The molecular weight excluding hydrogens is 1010 g/mol. The Morgan fingerprint density at radius 1 is 0.256 bits per heavy atom. The van der Waals surface area contributed by atoms with Crippen LogP contribution < -0.4 is 0 Å². The summed E-state index contributed by atoms with van der Waals surface area (Å²) in [6.07, 6.45) is 93.4. The summed E-state index contributed by atoms with van der Waals surface area (Å²) in [7, 11) is 0. The van der Waals surface area contributed by atoms with Gasteiger partial charge in [0.15, 0.2) is 6.10 Å². The Morgan fingerprint density at radius 2 is 0.500 bits per heavy atom. The fraction of sp³-hybridized carbons (Fsp3) is 0.776. The predicted molar refractivity (Wildman–Crippen MR) is 358 cm³/mol. The summed E-state index contributed by atoms with van der Waals surface area (Å²) in [5, 5.41) is 0. The van der Waals surface area contributed by atoms with Crippen LogP contribution in [-0.2, 0) is 28.6 Å². The molecule has 0 saturated heterocycles. The predicted octanol–water partition coefficient (Wildman–Crippen LogP) is 24.6. The van der Waals surface area contributed by atoms with E-state index in [1.54, 1.807) is 0 Å². The number of unbranched alkanes of at least 4 members (excludes halogenated alkanes) is 40. The van der Waals surface area contributed by atoms with Gasteiger partial charge in [-0.05, 0) is 89.9 Å². The van der Waals surface area contributed by atoms with Crippen LogP contribution in [0.5, 0.6) is 0 Å². The molecule has 0 aliphatic carbocycles. The fourth-order valence-electron chi connectivity index (χ4n) is 10.3. The van der Waals surface area contributed by atoms with Crippen LogP contribution in [0, 0.1) is 0 Å². The Kier molecular flexibility index (Phi) is 67.2. The highest BCUT2D eigenvalue weighted by molar-refractivity contribution is 5.71. The summed E-state index contributed by atoms with van der Waals surface area (Å²) < 4.78 is 16.9. The maximum Gasteiger partial charge on any atom is 0.306 e. The lowest BCUT2D eigenvalue weighted by Gasteiger charge is -2.18. The Bertz CT molecular complexity index is 1550. The van der Waals surface area contributed by atoms with Gasteiger partial charge >= 0.3 is 17.9 Å². The van der Waals surface area contributed by atoms with Gasteiger partial charge in [0.1, 0.15) is 13.2 Å². The smallest absolute Gasteiger partial charge is 0.306 e. The van der Waals surface area contributed by atoms with Crippen molar-refractivity contribution in [3.63, 3.8) is 0 Å². The Labute approximate surface area is 509 Å². The van der Waals surface area contributed by atoms with Gasteiger partial charge in [0.2, 0.25) is 0 Å². The normalized spacial score (nSPS) is 12.6. The average Bonchev–Trinajstić information content (AvgIpc) is 3.48. The zero-order valence-electron chi connectivity index (χ0n) is 54.5. The van der Waals surface area contributed by atoms with E-state index in [4.69, 9.17) is 14.2 Å². The molecule has 0 aromatic carbocycles. The highest BCUT2D eigenvalue weighted by atomic mass is 16.6. The molecule has 0 saturated carbocycles. The van der Waals surface area contributed by atoms with Gasteiger partial charge in [-0.3, -0.25) is 14.4 Å². The standard InChI is InChI=1S/C76H134O6/c1-4-7-10-13-16-19-22-24-26-28-30-32-34-36-38-40-42-44-46-48-50-52-54-57-60-63-66-69-75(78)81-72-73(71-80-74(77)68-65-62-59-56-21-18-15-12-9-6-3)82-76(79)70-67-64-61-58-55-53-51-49-47-45-43-41-39-37-35-33-31-29-27-25-23-20-17-14-11-8-5-2/h7,10,12,15-16,19,24,26,30,32,36,38,42,44,73H,4-6,8-9,11,13-14,17-18,20-23,25,27-29,31,33-35,37,39-41,43,45-72H2,1-3H3/b10-7-,15-12-,19-16-,26-24-,32-30-,38-36-,44-42-. The topological polar surface area (TPSA) is 78.9 Å². The molecule has 0 aromatic heterocycles. The van der Waals surface area contributed by atoms with Crippen molar-refractivity contribution in [1.29, 1.82) is 0 Å². The number of ether oxygens (including phenoxy) is 3. The summed E-state index contributed by atoms with van der Waals surface area (Å²) >= 11 is 0. The first kappa shape index (κ1) is 78.6. The van der Waals surface area contributed by atoms with E-state index in [9.17, 15) is 14.4 Å². The molecule has 0 rings (SSSR count). The molecule has 0 aliphatic heterocycles. The van der Waals surface area contributed by atoms with Crippen molar-refractivity contribution in [1.82, 2.24) is 0 Å². The molecule has 6 heteroatoms. The summed E-state index contributed by atoms with van der Waals surface area (Å²) in [6.45, 7) is 6.50. The van der Waals surface area contributed by atoms with Crippen LogP contribution in [-0.4, -0.2) is 37.2 Å². The van der Waals surface area contributed by atoms with Gasteiger partial charge in [0.25, 0.3) is 0 Å². The summed E-state index contributed by atoms with van der Waals surface area (Å²) in [6, 6.07) is 0. The molecule has 0 spiro atoms. The monoisotopic (exact) mass is 1140 g/mol. The van der Waals surface area contributed by atoms with E-state index in [1.165, 1.54) is 205 Å².